The molecule has 1 aliphatic carbocycles. The van der Waals surface area contributed by atoms with Gasteiger partial charge in [-0.25, -0.2) is 15.0 Å². The number of hydrogen-bond acceptors (Lipinski definition) is 7. The number of hydrogen-bond donors (Lipinski definition) is 1. The molecule has 142 valence electrons. The molecular weight excluding hydrogens is 334 g/mol. The lowest BCUT2D eigenvalue weighted by molar-refractivity contribution is -0.0517. The van der Waals surface area contributed by atoms with Crippen LogP contribution in [0.1, 0.15) is 45.3 Å². The summed E-state index contributed by atoms with van der Waals surface area (Å²) in [5, 5.41) is 3.53. The highest BCUT2D eigenvalue weighted by atomic mass is 16.6. The minimum Gasteiger partial charge on any atom is -0.376 e. The lowest BCUT2D eigenvalue weighted by atomic mass is 10.1. The van der Waals surface area contributed by atoms with Gasteiger partial charge in [0.25, 0.3) is 0 Å². The first kappa shape index (κ1) is 17.6. The maximum absolute atomic E-state index is 6.24. The Morgan fingerprint density at radius 1 is 1.15 bits per heavy atom. The van der Waals surface area contributed by atoms with Gasteiger partial charge >= 0.3 is 0 Å². The molecule has 0 radical (unpaired) electrons. The Labute approximate surface area is 153 Å². The minimum atomic E-state index is -0.325. The van der Waals surface area contributed by atoms with Crippen LogP contribution >= 0.6 is 0 Å². The molecule has 1 N–H and O–H groups in total. The average Bonchev–Trinajstić information content (AvgIpc) is 3.39. The highest BCUT2D eigenvalue weighted by molar-refractivity contribution is 5.82. The molecule has 1 saturated heterocycles. The molecule has 1 saturated carbocycles. The van der Waals surface area contributed by atoms with Crippen molar-refractivity contribution < 1.29 is 14.2 Å². The Morgan fingerprint density at radius 2 is 1.92 bits per heavy atom. The van der Waals surface area contributed by atoms with Crippen LogP contribution < -0.4 is 5.32 Å². The van der Waals surface area contributed by atoms with E-state index in [1.807, 2.05) is 4.57 Å². The molecule has 8 nitrogen and oxygen atoms in total. The Morgan fingerprint density at radius 3 is 2.62 bits per heavy atom. The third-order valence-corrected chi connectivity index (χ3v) is 5.56. The molecule has 1 aliphatic heterocycles. The van der Waals surface area contributed by atoms with Crippen LogP contribution in [-0.4, -0.2) is 58.1 Å². The summed E-state index contributed by atoms with van der Waals surface area (Å²) in [4.78, 5) is 13.5. The summed E-state index contributed by atoms with van der Waals surface area (Å²) in [7, 11) is 3.38. The summed E-state index contributed by atoms with van der Waals surface area (Å²) >= 11 is 0. The summed E-state index contributed by atoms with van der Waals surface area (Å²) in [6.07, 6.45) is 8.40. The number of anilines is 1. The third kappa shape index (κ3) is 2.95. The monoisotopic (exact) mass is 361 g/mol. The molecule has 2 fully saturated rings. The van der Waals surface area contributed by atoms with E-state index >= 15 is 0 Å². The van der Waals surface area contributed by atoms with Crippen molar-refractivity contribution in [1.29, 1.82) is 0 Å². The van der Waals surface area contributed by atoms with E-state index in [0.29, 0.717) is 6.04 Å². The normalized spacial score (nSPS) is 29.7. The van der Waals surface area contributed by atoms with Crippen molar-refractivity contribution in [2.24, 2.45) is 0 Å². The highest BCUT2D eigenvalue weighted by Crippen LogP contribution is 2.36. The Balaban J connectivity index is 1.66. The first-order valence-corrected chi connectivity index (χ1v) is 9.42. The van der Waals surface area contributed by atoms with Gasteiger partial charge in [0.1, 0.15) is 18.5 Å². The highest BCUT2D eigenvalue weighted by Gasteiger charge is 2.46. The van der Waals surface area contributed by atoms with E-state index in [2.05, 4.69) is 27.2 Å². The van der Waals surface area contributed by atoms with Gasteiger partial charge in [0.15, 0.2) is 23.2 Å². The minimum absolute atomic E-state index is 0.0229. The quantitative estimate of drug-likeness (QED) is 0.846. The molecule has 2 unspecified atom stereocenters. The number of aromatic nitrogens is 4. The number of nitrogens with zero attached hydrogens (tertiary/aromatic N) is 4. The number of nitrogens with one attached hydrogen (secondary N) is 1. The van der Waals surface area contributed by atoms with Crippen LogP contribution in [-0.2, 0) is 14.2 Å². The zero-order valence-corrected chi connectivity index (χ0v) is 15.6. The van der Waals surface area contributed by atoms with Crippen molar-refractivity contribution in [3.8, 4) is 0 Å². The second-order valence-electron chi connectivity index (χ2n) is 7.05. The largest absolute Gasteiger partial charge is 0.376 e. The van der Waals surface area contributed by atoms with Gasteiger partial charge in [0, 0.05) is 20.3 Å². The molecule has 4 atom stereocenters. The van der Waals surface area contributed by atoms with Gasteiger partial charge in [-0.3, -0.25) is 4.57 Å². The fourth-order valence-electron chi connectivity index (χ4n) is 4.20. The van der Waals surface area contributed by atoms with Crippen molar-refractivity contribution in [3.05, 3.63) is 12.7 Å². The second kappa shape index (κ2) is 7.46. The smallest absolute Gasteiger partial charge is 0.167 e. The molecule has 0 spiro atoms. The molecule has 2 aliphatic rings. The van der Waals surface area contributed by atoms with E-state index in [9.17, 15) is 0 Å². The van der Waals surface area contributed by atoms with Crippen molar-refractivity contribution in [2.75, 3.05) is 19.5 Å². The van der Waals surface area contributed by atoms with Crippen molar-refractivity contribution in [1.82, 2.24) is 19.5 Å². The lowest BCUT2D eigenvalue weighted by Crippen LogP contribution is -2.34. The standard InChI is InChI=1S/C18H27N5O3/c1-4-12-14(24-2)15(25-3)18(26-12)23-10-21-13-16(19-9-20-17(13)23)22-11-7-5-6-8-11/h9-12,14-15,18H,4-8H2,1-3H3,(H,19,20,22)/t12-,14-,15?,18?/m1/s1. The van der Waals surface area contributed by atoms with Crippen LogP contribution in [0.5, 0.6) is 0 Å². The maximum Gasteiger partial charge on any atom is 0.167 e. The topological polar surface area (TPSA) is 83.3 Å². The van der Waals surface area contributed by atoms with Gasteiger partial charge in [-0.2, -0.15) is 0 Å². The molecule has 2 aromatic rings. The van der Waals surface area contributed by atoms with Gasteiger partial charge in [-0.05, 0) is 19.3 Å². The second-order valence-corrected chi connectivity index (χ2v) is 7.05. The third-order valence-electron chi connectivity index (χ3n) is 5.56. The van der Waals surface area contributed by atoms with Gasteiger partial charge in [0.2, 0.25) is 0 Å². The number of imidazole rings is 1. The summed E-state index contributed by atoms with van der Waals surface area (Å²) in [5.41, 5.74) is 1.52. The fraction of sp³-hybridized carbons (Fsp3) is 0.722. The van der Waals surface area contributed by atoms with Gasteiger partial charge in [-0.15, -0.1) is 0 Å². The number of rotatable bonds is 6. The first-order chi connectivity index (χ1) is 12.8. The number of ether oxygens (including phenoxy) is 3. The Bertz CT molecular complexity index is 746. The Hall–Kier alpha value is -1.77. The predicted octanol–water partition coefficient (Wildman–Crippen LogP) is 2.52. The molecule has 8 heteroatoms. The van der Waals surface area contributed by atoms with Crippen LogP contribution in [0, 0.1) is 0 Å². The average molecular weight is 361 g/mol. The predicted molar refractivity (Wildman–Crippen MR) is 97.0 cm³/mol. The SMILES string of the molecule is CC[C@H]1OC(n2cnc3c(NC4CCCC4)ncnc32)C(OC)[C@@H]1OC. The van der Waals surface area contributed by atoms with Gasteiger partial charge in [0.05, 0.1) is 12.4 Å². The van der Waals surface area contributed by atoms with E-state index in [4.69, 9.17) is 14.2 Å². The summed E-state index contributed by atoms with van der Waals surface area (Å²) in [6.45, 7) is 2.09. The van der Waals surface area contributed by atoms with Crippen LogP contribution in [0.4, 0.5) is 5.82 Å². The molecule has 0 aromatic carbocycles. The molecule has 4 rings (SSSR count). The summed E-state index contributed by atoms with van der Waals surface area (Å²) in [5.74, 6) is 0.794. The summed E-state index contributed by atoms with van der Waals surface area (Å²) < 4.78 is 19.5. The zero-order valence-electron chi connectivity index (χ0n) is 15.6. The van der Waals surface area contributed by atoms with Crippen molar-refractivity contribution >= 4 is 17.0 Å². The van der Waals surface area contributed by atoms with Crippen molar-refractivity contribution in [2.45, 2.75) is 69.6 Å². The van der Waals surface area contributed by atoms with Crippen LogP contribution in [0.25, 0.3) is 11.2 Å². The van der Waals surface area contributed by atoms with E-state index in [-0.39, 0.29) is 24.5 Å². The molecule has 0 amide bonds. The van der Waals surface area contributed by atoms with Gasteiger partial charge < -0.3 is 19.5 Å². The molecule has 2 aromatic heterocycles. The molecular formula is C18H27N5O3. The molecule has 3 heterocycles. The summed E-state index contributed by atoms with van der Waals surface area (Å²) in [6, 6.07) is 0.468. The van der Waals surface area contributed by atoms with Gasteiger partial charge in [-0.1, -0.05) is 19.8 Å². The van der Waals surface area contributed by atoms with Crippen LogP contribution in [0.2, 0.25) is 0 Å². The van der Waals surface area contributed by atoms with E-state index in [1.54, 1.807) is 26.9 Å². The molecule has 26 heavy (non-hydrogen) atoms. The fourth-order valence-corrected chi connectivity index (χ4v) is 4.20. The maximum atomic E-state index is 6.24. The van der Waals surface area contributed by atoms with Crippen LogP contribution in [0.3, 0.4) is 0 Å². The number of fused-ring (bicyclic) bond motifs is 1. The first-order valence-electron chi connectivity index (χ1n) is 9.42. The van der Waals surface area contributed by atoms with Crippen molar-refractivity contribution in [3.63, 3.8) is 0 Å². The molecule has 0 bridgehead atoms. The zero-order chi connectivity index (χ0) is 18.1. The van der Waals surface area contributed by atoms with E-state index in [1.165, 1.54) is 25.7 Å². The van der Waals surface area contributed by atoms with E-state index in [0.717, 1.165) is 23.4 Å². The Kier molecular flexibility index (Phi) is 5.06. The lowest BCUT2D eigenvalue weighted by Gasteiger charge is -2.22. The van der Waals surface area contributed by atoms with Crippen LogP contribution in [0.15, 0.2) is 12.7 Å². The number of methoxy groups -OCH3 is 2. The van der Waals surface area contributed by atoms with E-state index < -0.39 is 0 Å².